The molecule has 0 aliphatic carbocycles. The van der Waals surface area contributed by atoms with E-state index in [1.54, 1.807) is 11.8 Å². The summed E-state index contributed by atoms with van der Waals surface area (Å²) in [5.41, 5.74) is 5.34. The van der Waals surface area contributed by atoms with Gasteiger partial charge in [-0.05, 0) is 61.5 Å². The molecular formula is C29H23N3OS. The van der Waals surface area contributed by atoms with E-state index in [1.165, 1.54) is 0 Å². The van der Waals surface area contributed by atoms with Gasteiger partial charge in [-0.2, -0.15) is 5.10 Å². The molecule has 0 aliphatic rings. The van der Waals surface area contributed by atoms with Crippen molar-refractivity contribution in [2.75, 3.05) is 5.32 Å². The van der Waals surface area contributed by atoms with E-state index in [-0.39, 0.29) is 5.91 Å². The molecule has 0 radical (unpaired) electrons. The van der Waals surface area contributed by atoms with Crippen LogP contribution in [0.15, 0.2) is 125 Å². The number of amides is 1. The molecule has 1 aromatic heterocycles. The van der Waals surface area contributed by atoms with Crippen molar-refractivity contribution in [3.63, 3.8) is 0 Å². The third kappa shape index (κ3) is 4.80. The molecule has 0 bridgehead atoms. The highest BCUT2D eigenvalue weighted by Crippen LogP contribution is 2.33. The number of para-hydroxylation sites is 1. The van der Waals surface area contributed by atoms with Crippen LogP contribution < -0.4 is 5.32 Å². The molecule has 0 saturated heterocycles. The van der Waals surface area contributed by atoms with Gasteiger partial charge in [0, 0.05) is 20.9 Å². The quantitative estimate of drug-likeness (QED) is 0.290. The average molecular weight is 462 g/mol. The molecule has 166 valence electrons. The lowest BCUT2D eigenvalue weighted by molar-refractivity contribution is 0.102. The molecule has 0 fully saturated rings. The summed E-state index contributed by atoms with van der Waals surface area (Å²) in [4.78, 5) is 15.1. The lowest BCUT2D eigenvalue weighted by Gasteiger charge is -2.12. The Balaban J connectivity index is 1.36. The van der Waals surface area contributed by atoms with E-state index in [0.717, 1.165) is 38.1 Å². The summed E-state index contributed by atoms with van der Waals surface area (Å²) in [5.74, 6) is -0.146. The number of benzene rings is 4. The van der Waals surface area contributed by atoms with Crippen LogP contribution in [0.25, 0.3) is 16.9 Å². The van der Waals surface area contributed by atoms with E-state index in [4.69, 9.17) is 0 Å². The Labute approximate surface area is 203 Å². The Hall–Kier alpha value is -4.09. The highest BCUT2D eigenvalue weighted by Gasteiger charge is 2.13. The molecule has 4 nitrogen and oxygen atoms in total. The zero-order chi connectivity index (χ0) is 23.3. The second kappa shape index (κ2) is 9.81. The Morgan fingerprint density at radius 1 is 0.794 bits per heavy atom. The number of nitrogens with one attached hydrogen (secondary N) is 1. The summed E-state index contributed by atoms with van der Waals surface area (Å²) in [5, 5.41) is 7.73. The van der Waals surface area contributed by atoms with Crippen LogP contribution in [0.2, 0.25) is 0 Å². The van der Waals surface area contributed by atoms with Crippen LogP contribution in [-0.4, -0.2) is 15.7 Å². The van der Waals surface area contributed by atoms with E-state index in [0.29, 0.717) is 5.56 Å². The van der Waals surface area contributed by atoms with Crippen molar-refractivity contribution in [2.45, 2.75) is 16.7 Å². The summed E-state index contributed by atoms with van der Waals surface area (Å²) in [6.07, 6.45) is 0. The van der Waals surface area contributed by atoms with Crippen molar-refractivity contribution < 1.29 is 4.79 Å². The van der Waals surface area contributed by atoms with Crippen molar-refractivity contribution in [2.24, 2.45) is 0 Å². The average Bonchev–Trinajstić information content (AvgIpc) is 3.28. The van der Waals surface area contributed by atoms with Crippen molar-refractivity contribution in [3.05, 3.63) is 127 Å². The molecule has 0 unspecified atom stereocenters. The SMILES string of the molecule is Cc1cc(-c2ccccc2)n(-c2ccc(C(=O)Nc3ccccc3Sc3ccccc3)cc2)n1. The number of hydrogen-bond acceptors (Lipinski definition) is 3. The molecule has 0 aliphatic heterocycles. The fourth-order valence-corrected chi connectivity index (χ4v) is 4.66. The Morgan fingerprint density at radius 3 is 2.18 bits per heavy atom. The van der Waals surface area contributed by atoms with Gasteiger partial charge in [0.05, 0.1) is 22.8 Å². The predicted molar refractivity (Wildman–Crippen MR) is 139 cm³/mol. The molecule has 1 amide bonds. The largest absolute Gasteiger partial charge is 0.321 e. The maximum absolute atomic E-state index is 13.0. The first-order valence-electron chi connectivity index (χ1n) is 11.0. The van der Waals surface area contributed by atoms with Crippen molar-refractivity contribution >= 4 is 23.4 Å². The van der Waals surface area contributed by atoms with Crippen LogP contribution in [0, 0.1) is 6.92 Å². The Kier molecular flexibility index (Phi) is 6.27. The third-order valence-electron chi connectivity index (χ3n) is 5.38. The molecule has 5 heteroatoms. The Morgan fingerprint density at radius 2 is 1.44 bits per heavy atom. The maximum atomic E-state index is 13.0. The van der Waals surface area contributed by atoms with Crippen molar-refractivity contribution in [3.8, 4) is 16.9 Å². The zero-order valence-electron chi connectivity index (χ0n) is 18.7. The fraction of sp³-hybridized carbons (Fsp3) is 0.0345. The van der Waals surface area contributed by atoms with Crippen LogP contribution in [0.4, 0.5) is 5.69 Å². The third-order valence-corrected chi connectivity index (χ3v) is 6.47. The standard InChI is InChI=1S/C29H23N3OS/c1-21-20-27(22-10-4-2-5-11-22)32(31-21)24-18-16-23(17-19-24)29(33)30-26-14-8-9-15-28(26)34-25-12-6-3-7-13-25/h2-20H,1H3,(H,30,33). The molecule has 34 heavy (non-hydrogen) atoms. The Bertz CT molecular complexity index is 1410. The van der Waals surface area contributed by atoms with Crippen LogP contribution in [0.3, 0.4) is 0 Å². The van der Waals surface area contributed by atoms with Gasteiger partial charge < -0.3 is 5.32 Å². The highest BCUT2D eigenvalue weighted by atomic mass is 32.2. The van der Waals surface area contributed by atoms with Gasteiger partial charge in [0.1, 0.15) is 0 Å². The number of aryl methyl sites for hydroxylation is 1. The first-order chi connectivity index (χ1) is 16.7. The van der Waals surface area contributed by atoms with Gasteiger partial charge in [-0.25, -0.2) is 4.68 Å². The minimum Gasteiger partial charge on any atom is -0.321 e. The molecule has 0 atom stereocenters. The normalized spacial score (nSPS) is 10.7. The van der Waals surface area contributed by atoms with Crippen LogP contribution in [0.5, 0.6) is 0 Å². The fourth-order valence-electron chi connectivity index (χ4n) is 3.73. The van der Waals surface area contributed by atoms with Crippen molar-refractivity contribution in [1.29, 1.82) is 0 Å². The number of carbonyl (C=O) groups is 1. The number of hydrogen-bond donors (Lipinski definition) is 1. The molecule has 1 N–H and O–H groups in total. The molecule has 4 aromatic carbocycles. The predicted octanol–water partition coefficient (Wildman–Crippen LogP) is 7.25. The first-order valence-corrected chi connectivity index (χ1v) is 11.8. The lowest BCUT2D eigenvalue weighted by Crippen LogP contribution is -2.12. The summed E-state index contributed by atoms with van der Waals surface area (Å²) < 4.78 is 1.91. The molecular weight excluding hydrogens is 438 g/mol. The second-order valence-corrected chi connectivity index (χ2v) is 8.98. The van der Waals surface area contributed by atoms with Gasteiger partial charge >= 0.3 is 0 Å². The minimum absolute atomic E-state index is 0.146. The summed E-state index contributed by atoms with van der Waals surface area (Å²) >= 11 is 1.63. The number of carbonyl (C=O) groups excluding carboxylic acids is 1. The molecule has 0 saturated carbocycles. The van der Waals surface area contributed by atoms with Gasteiger partial charge in [-0.3, -0.25) is 4.79 Å². The highest BCUT2D eigenvalue weighted by molar-refractivity contribution is 7.99. The van der Waals surface area contributed by atoms with Gasteiger partial charge in [-0.15, -0.1) is 0 Å². The van der Waals surface area contributed by atoms with Crippen LogP contribution in [0.1, 0.15) is 16.1 Å². The zero-order valence-corrected chi connectivity index (χ0v) is 19.5. The van der Waals surface area contributed by atoms with Gasteiger partial charge in [0.15, 0.2) is 0 Å². The minimum atomic E-state index is -0.146. The lowest BCUT2D eigenvalue weighted by atomic mass is 10.1. The maximum Gasteiger partial charge on any atom is 0.255 e. The summed E-state index contributed by atoms with van der Waals surface area (Å²) in [6, 6.07) is 37.8. The summed E-state index contributed by atoms with van der Waals surface area (Å²) in [6.45, 7) is 1.98. The summed E-state index contributed by atoms with van der Waals surface area (Å²) in [7, 11) is 0. The van der Waals surface area contributed by atoms with Crippen molar-refractivity contribution in [1.82, 2.24) is 9.78 Å². The van der Waals surface area contributed by atoms with Gasteiger partial charge in [-0.1, -0.05) is 72.4 Å². The molecule has 5 aromatic rings. The van der Waals surface area contributed by atoms with E-state index >= 15 is 0 Å². The van der Waals surface area contributed by atoms with E-state index < -0.39 is 0 Å². The van der Waals surface area contributed by atoms with Crippen LogP contribution in [-0.2, 0) is 0 Å². The molecule has 1 heterocycles. The number of aromatic nitrogens is 2. The number of nitrogens with zero attached hydrogens (tertiary/aromatic N) is 2. The first kappa shape index (κ1) is 21.7. The number of anilines is 1. The van der Waals surface area contributed by atoms with Crippen LogP contribution >= 0.6 is 11.8 Å². The van der Waals surface area contributed by atoms with Gasteiger partial charge in [0.25, 0.3) is 5.91 Å². The number of rotatable bonds is 6. The van der Waals surface area contributed by atoms with E-state index in [2.05, 4.69) is 40.7 Å². The van der Waals surface area contributed by atoms with E-state index in [1.807, 2.05) is 96.5 Å². The second-order valence-electron chi connectivity index (χ2n) is 7.86. The topological polar surface area (TPSA) is 46.9 Å². The van der Waals surface area contributed by atoms with Gasteiger partial charge in [0.2, 0.25) is 0 Å². The molecule has 0 spiro atoms. The smallest absolute Gasteiger partial charge is 0.255 e. The van der Waals surface area contributed by atoms with E-state index in [9.17, 15) is 4.79 Å². The monoisotopic (exact) mass is 461 g/mol. The molecule has 5 rings (SSSR count).